The van der Waals surface area contributed by atoms with Crippen LogP contribution in [0.25, 0.3) is 0 Å². The zero-order valence-electron chi connectivity index (χ0n) is 3.32. The Labute approximate surface area is 49.3 Å². The van der Waals surface area contributed by atoms with Gasteiger partial charge in [0.2, 0.25) is 0 Å². The molecule has 0 spiro atoms. The predicted octanol–water partition coefficient (Wildman–Crippen LogP) is 0.835. The second-order valence-electron chi connectivity index (χ2n) is 0.500. The van der Waals surface area contributed by atoms with Gasteiger partial charge in [0.15, 0.2) is 0 Å². The summed E-state index contributed by atoms with van der Waals surface area (Å²) < 4.78 is 0. The Bertz CT molecular complexity index is 9.61. The third-order valence-corrected chi connectivity index (χ3v) is 0. The molecule has 0 aromatic heterocycles. The molecular formula is C2H9BrClN. The maximum absolute atomic E-state index is 2.75. The average Bonchev–Trinajstić information content (AvgIpc) is 0.918. The van der Waals surface area contributed by atoms with Gasteiger partial charge in [0.25, 0.3) is 0 Å². The lowest BCUT2D eigenvalue weighted by Crippen LogP contribution is -1.89. The molecule has 0 aliphatic heterocycles. The van der Waals surface area contributed by atoms with Crippen molar-refractivity contribution in [3.63, 3.8) is 0 Å². The highest BCUT2D eigenvalue weighted by Gasteiger charge is 1.25. The van der Waals surface area contributed by atoms with Crippen molar-refractivity contribution < 1.29 is 0 Å². The molecule has 1 N–H and O–H groups in total. The molecule has 0 amide bonds. The third-order valence-electron chi connectivity index (χ3n) is 0. The molecule has 0 rings (SSSR count). The summed E-state index contributed by atoms with van der Waals surface area (Å²) in [6, 6.07) is 0. The minimum Gasteiger partial charge on any atom is -0.323 e. The van der Waals surface area contributed by atoms with Crippen LogP contribution in [-0.4, -0.2) is 14.1 Å². The first-order valence-corrected chi connectivity index (χ1v) is 1.00. The number of nitrogens with one attached hydrogen (secondary N) is 1. The van der Waals surface area contributed by atoms with E-state index in [2.05, 4.69) is 5.32 Å². The second kappa shape index (κ2) is 22.0. The van der Waals surface area contributed by atoms with Crippen LogP contribution in [0.15, 0.2) is 0 Å². The van der Waals surface area contributed by atoms with Crippen LogP contribution in [-0.2, 0) is 0 Å². The van der Waals surface area contributed by atoms with Crippen LogP contribution in [0.1, 0.15) is 0 Å². The molecule has 0 aromatic carbocycles. The highest BCUT2D eigenvalue weighted by atomic mass is 79.9. The summed E-state index contributed by atoms with van der Waals surface area (Å²) in [7, 11) is 3.75. The molecule has 0 saturated carbocycles. The molecule has 0 fully saturated rings. The molecule has 0 aromatic rings. The Morgan fingerprint density at radius 1 is 1.20 bits per heavy atom. The van der Waals surface area contributed by atoms with Crippen molar-refractivity contribution in [3.8, 4) is 0 Å². The van der Waals surface area contributed by atoms with Crippen molar-refractivity contribution in [2.24, 2.45) is 0 Å². The number of rotatable bonds is 0. The fourth-order valence-corrected chi connectivity index (χ4v) is 0. The highest BCUT2D eigenvalue weighted by molar-refractivity contribution is 8.93. The maximum atomic E-state index is 2.75. The molecule has 0 saturated heterocycles. The Kier molecular flexibility index (Phi) is 75.6. The molecule has 5 heavy (non-hydrogen) atoms. The van der Waals surface area contributed by atoms with Gasteiger partial charge in [0, 0.05) is 0 Å². The minimum atomic E-state index is 0. The van der Waals surface area contributed by atoms with Crippen LogP contribution in [0, 0.1) is 0 Å². The lowest BCUT2D eigenvalue weighted by Gasteiger charge is -1.59. The molecule has 0 radical (unpaired) electrons. The van der Waals surface area contributed by atoms with Gasteiger partial charge in [-0.25, -0.2) is 0 Å². The van der Waals surface area contributed by atoms with E-state index >= 15 is 0 Å². The topological polar surface area (TPSA) is 12.0 Å². The highest BCUT2D eigenvalue weighted by Crippen LogP contribution is 0.981. The Morgan fingerprint density at radius 2 is 1.20 bits per heavy atom. The average molecular weight is 162 g/mol. The second-order valence-corrected chi connectivity index (χ2v) is 0.500. The van der Waals surface area contributed by atoms with Crippen molar-refractivity contribution >= 4 is 29.4 Å². The summed E-state index contributed by atoms with van der Waals surface area (Å²) in [4.78, 5) is 0. The first-order chi connectivity index (χ1) is 1.41. The molecule has 0 aliphatic carbocycles. The molecule has 0 unspecified atom stereocenters. The summed E-state index contributed by atoms with van der Waals surface area (Å²) >= 11 is 0. The normalized spacial score (nSPS) is 3.60. The van der Waals surface area contributed by atoms with E-state index in [-0.39, 0.29) is 29.4 Å². The Morgan fingerprint density at radius 3 is 1.20 bits per heavy atom. The van der Waals surface area contributed by atoms with E-state index in [1.165, 1.54) is 0 Å². The molecule has 1 nitrogen and oxygen atoms in total. The van der Waals surface area contributed by atoms with E-state index in [1.807, 2.05) is 14.1 Å². The predicted molar refractivity (Wildman–Crippen MR) is 32.6 cm³/mol. The molecule has 0 aliphatic rings. The maximum Gasteiger partial charge on any atom is -0.0167 e. The molecular weight excluding hydrogens is 153 g/mol. The summed E-state index contributed by atoms with van der Waals surface area (Å²) in [5.41, 5.74) is 0. The van der Waals surface area contributed by atoms with E-state index < -0.39 is 0 Å². The van der Waals surface area contributed by atoms with Crippen LogP contribution in [0.3, 0.4) is 0 Å². The van der Waals surface area contributed by atoms with Crippen LogP contribution in [0.4, 0.5) is 0 Å². The van der Waals surface area contributed by atoms with E-state index in [9.17, 15) is 0 Å². The molecule has 0 heterocycles. The SMILES string of the molecule is Br.CNC.Cl. The van der Waals surface area contributed by atoms with Gasteiger partial charge in [0.05, 0.1) is 0 Å². The zero-order valence-corrected chi connectivity index (χ0v) is 5.85. The summed E-state index contributed by atoms with van der Waals surface area (Å²) in [6.07, 6.45) is 0. The summed E-state index contributed by atoms with van der Waals surface area (Å²) in [6.45, 7) is 0. The summed E-state index contributed by atoms with van der Waals surface area (Å²) in [5, 5.41) is 2.75. The minimum absolute atomic E-state index is 0. The molecule has 36 valence electrons. The van der Waals surface area contributed by atoms with Gasteiger partial charge in [-0.2, -0.15) is 0 Å². The smallest absolute Gasteiger partial charge is 0.0167 e. The van der Waals surface area contributed by atoms with Crippen LogP contribution < -0.4 is 5.32 Å². The lowest BCUT2D eigenvalue weighted by molar-refractivity contribution is 1.02. The molecule has 0 bridgehead atoms. The fraction of sp³-hybridized carbons (Fsp3) is 1.00. The van der Waals surface area contributed by atoms with Gasteiger partial charge in [-0.1, -0.05) is 0 Å². The Balaban J connectivity index is -0.0000000200. The van der Waals surface area contributed by atoms with E-state index in [4.69, 9.17) is 0 Å². The van der Waals surface area contributed by atoms with Gasteiger partial charge in [0.1, 0.15) is 0 Å². The van der Waals surface area contributed by atoms with Gasteiger partial charge < -0.3 is 5.32 Å². The van der Waals surface area contributed by atoms with Crippen molar-refractivity contribution in [2.75, 3.05) is 14.1 Å². The molecule has 0 atom stereocenters. The zero-order chi connectivity index (χ0) is 2.71. The first-order valence-electron chi connectivity index (χ1n) is 1.00. The monoisotopic (exact) mass is 161 g/mol. The van der Waals surface area contributed by atoms with Crippen LogP contribution in [0.2, 0.25) is 0 Å². The van der Waals surface area contributed by atoms with Crippen molar-refractivity contribution in [2.45, 2.75) is 0 Å². The van der Waals surface area contributed by atoms with E-state index in [0.29, 0.717) is 0 Å². The standard InChI is InChI=1S/C2H7N.BrH.ClH/c1-3-2;;/h3H,1-2H3;2*1H. The van der Waals surface area contributed by atoms with Gasteiger partial charge in [-0.15, -0.1) is 29.4 Å². The summed E-state index contributed by atoms with van der Waals surface area (Å²) in [5.74, 6) is 0. The van der Waals surface area contributed by atoms with Crippen LogP contribution in [0.5, 0.6) is 0 Å². The van der Waals surface area contributed by atoms with Crippen molar-refractivity contribution in [1.29, 1.82) is 0 Å². The van der Waals surface area contributed by atoms with Gasteiger partial charge >= 0.3 is 0 Å². The van der Waals surface area contributed by atoms with Crippen molar-refractivity contribution in [1.82, 2.24) is 5.32 Å². The van der Waals surface area contributed by atoms with E-state index in [0.717, 1.165) is 0 Å². The van der Waals surface area contributed by atoms with Crippen LogP contribution >= 0.6 is 29.4 Å². The lowest BCUT2D eigenvalue weighted by atomic mass is 11.3. The van der Waals surface area contributed by atoms with E-state index in [1.54, 1.807) is 0 Å². The largest absolute Gasteiger partial charge is 0.323 e. The number of hydrogen-bond acceptors (Lipinski definition) is 1. The fourth-order valence-electron chi connectivity index (χ4n) is 0. The Hall–Kier alpha value is 0.730. The molecule has 3 heteroatoms. The third kappa shape index (κ3) is 66.2. The first kappa shape index (κ1) is 17.2. The quantitative estimate of drug-likeness (QED) is 0.557. The number of halogens is 2. The van der Waals surface area contributed by atoms with Gasteiger partial charge in [-0.3, -0.25) is 0 Å². The van der Waals surface area contributed by atoms with Crippen molar-refractivity contribution in [3.05, 3.63) is 0 Å². The van der Waals surface area contributed by atoms with Gasteiger partial charge in [-0.05, 0) is 14.1 Å². The number of hydrogen-bond donors (Lipinski definition) is 1.